The molecule has 1 aliphatic rings. The molecule has 1 aromatic rings. The lowest BCUT2D eigenvalue weighted by Gasteiger charge is -2.08. The predicted octanol–water partition coefficient (Wildman–Crippen LogP) is 1.48. The van der Waals surface area contributed by atoms with E-state index in [2.05, 4.69) is 0 Å². The fourth-order valence-electron chi connectivity index (χ4n) is 1.35. The summed E-state index contributed by atoms with van der Waals surface area (Å²) >= 11 is 0. The van der Waals surface area contributed by atoms with Crippen LogP contribution in [0.15, 0.2) is 12.1 Å². The minimum absolute atomic E-state index is 0.231. The average Bonchev–Trinajstić information content (AvgIpc) is 2.41. The molecule has 4 heteroatoms. The Morgan fingerprint density at radius 2 is 1.86 bits per heavy atom. The van der Waals surface area contributed by atoms with Crippen molar-refractivity contribution in [2.75, 3.05) is 13.2 Å². The molecule has 76 valence electrons. The quantitative estimate of drug-likeness (QED) is 0.742. The summed E-state index contributed by atoms with van der Waals surface area (Å²) in [6.45, 7) is 0.761. The highest BCUT2D eigenvalue weighted by Crippen LogP contribution is 2.32. The van der Waals surface area contributed by atoms with E-state index < -0.39 is 5.82 Å². The van der Waals surface area contributed by atoms with Crippen molar-refractivity contribution in [2.45, 2.75) is 13.0 Å². The van der Waals surface area contributed by atoms with Gasteiger partial charge in [-0.05, 0) is 6.07 Å². The van der Waals surface area contributed by atoms with Crippen LogP contribution in [0.4, 0.5) is 4.39 Å². The maximum atomic E-state index is 13.2. The van der Waals surface area contributed by atoms with Gasteiger partial charge in [-0.3, -0.25) is 0 Å². The van der Waals surface area contributed by atoms with Crippen molar-refractivity contribution in [3.05, 3.63) is 23.5 Å². The Morgan fingerprint density at radius 1 is 1.21 bits per heavy atom. The summed E-state index contributed by atoms with van der Waals surface area (Å²) < 4.78 is 23.8. The first-order valence-electron chi connectivity index (χ1n) is 4.50. The molecular weight excluding hydrogens is 187 g/mol. The van der Waals surface area contributed by atoms with E-state index >= 15 is 0 Å². The number of fused-ring (bicyclic) bond motifs is 1. The molecule has 0 unspecified atom stereocenters. The van der Waals surface area contributed by atoms with E-state index in [0.717, 1.165) is 6.42 Å². The molecule has 0 aliphatic carbocycles. The van der Waals surface area contributed by atoms with Gasteiger partial charge in [-0.25, -0.2) is 4.39 Å². The first kappa shape index (κ1) is 9.27. The maximum Gasteiger partial charge on any atom is 0.164 e. The third-order valence-electron chi connectivity index (χ3n) is 2.09. The van der Waals surface area contributed by atoms with Crippen molar-refractivity contribution < 1.29 is 19.0 Å². The summed E-state index contributed by atoms with van der Waals surface area (Å²) in [5.74, 6) is 0.460. The molecule has 1 aliphatic heterocycles. The van der Waals surface area contributed by atoms with Crippen molar-refractivity contribution in [1.29, 1.82) is 0 Å². The average molecular weight is 198 g/mol. The van der Waals surface area contributed by atoms with Crippen molar-refractivity contribution in [1.82, 2.24) is 0 Å². The van der Waals surface area contributed by atoms with E-state index in [-0.39, 0.29) is 12.2 Å². The van der Waals surface area contributed by atoms with E-state index in [4.69, 9.17) is 14.6 Å². The van der Waals surface area contributed by atoms with Crippen LogP contribution in [0.2, 0.25) is 0 Å². The van der Waals surface area contributed by atoms with Crippen LogP contribution in [0.1, 0.15) is 12.0 Å². The van der Waals surface area contributed by atoms with Gasteiger partial charge in [-0.1, -0.05) is 0 Å². The van der Waals surface area contributed by atoms with Gasteiger partial charge in [0, 0.05) is 18.1 Å². The van der Waals surface area contributed by atoms with Gasteiger partial charge in [0.05, 0.1) is 19.8 Å². The SMILES string of the molecule is OCc1cc2c(cc1F)OCCCO2. The summed E-state index contributed by atoms with van der Waals surface area (Å²) in [5.41, 5.74) is 0.231. The van der Waals surface area contributed by atoms with Crippen LogP contribution < -0.4 is 9.47 Å². The van der Waals surface area contributed by atoms with Crippen LogP contribution in [-0.2, 0) is 6.61 Å². The van der Waals surface area contributed by atoms with Crippen LogP contribution in [-0.4, -0.2) is 18.3 Å². The lowest BCUT2D eigenvalue weighted by Crippen LogP contribution is -1.97. The lowest BCUT2D eigenvalue weighted by atomic mass is 10.2. The molecule has 0 spiro atoms. The van der Waals surface area contributed by atoms with E-state index in [1.54, 1.807) is 0 Å². The third-order valence-corrected chi connectivity index (χ3v) is 2.09. The maximum absolute atomic E-state index is 13.2. The zero-order valence-corrected chi connectivity index (χ0v) is 7.62. The third kappa shape index (κ3) is 1.65. The molecular formula is C10H11FO3. The predicted molar refractivity (Wildman–Crippen MR) is 47.9 cm³/mol. The molecule has 1 aromatic carbocycles. The molecule has 1 N–H and O–H groups in total. The van der Waals surface area contributed by atoms with E-state index in [0.29, 0.717) is 24.7 Å². The van der Waals surface area contributed by atoms with E-state index in [9.17, 15) is 4.39 Å². The Balaban J connectivity index is 2.41. The number of hydrogen-bond acceptors (Lipinski definition) is 3. The highest BCUT2D eigenvalue weighted by molar-refractivity contribution is 5.44. The number of halogens is 1. The summed E-state index contributed by atoms with van der Waals surface area (Å²) in [6.07, 6.45) is 0.782. The Kier molecular flexibility index (Phi) is 2.54. The van der Waals surface area contributed by atoms with Gasteiger partial charge < -0.3 is 14.6 Å². The Bertz CT molecular complexity index is 338. The first-order chi connectivity index (χ1) is 6.81. The minimum Gasteiger partial charge on any atom is -0.490 e. The number of rotatable bonds is 1. The largest absolute Gasteiger partial charge is 0.490 e. The fourth-order valence-corrected chi connectivity index (χ4v) is 1.35. The molecule has 14 heavy (non-hydrogen) atoms. The molecule has 0 amide bonds. The van der Waals surface area contributed by atoms with Crippen LogP contribution in [0.5, 0.6) is 11.5 Å². The van der Waals surface area contributed by atoms with Crippen molar-refractivity contribution in [2.24, 2.45) is 0 Å². The topological polar surface area (TPSA) is 38.7 Å². The zero-order chi connectivity index (χ0) is 9.97. The van der Waals surface area contributed by atoms with E-state index in [1.807, 2.05) is 0 Å². The van der Waals surface area contributed by atoms with Gasteiger partial charge in [0.2, 0.25) is 0 Å². The lowest BCUT2D eigenvalue weighted by molar-refractivity contribution is 0.273. The van der Waals surface area contributed by atoms with E-state index in [1.165, 1.54) is 12.1 Å². The second kappa shape index (κ2) is 3.84. The highest BCUT2D eigenvalue weighted by Gasteiger charge is 2.14. The van der Waals surface area contributed by atoms with Gasteiger partial charge in [0.1, 0.15) is 5.82 Å². The summed E-state index contributed by atoms with van der Waals surface area (Å²) in [5, 5.41) is 8.85. The molecule has 0 aromatic heterocycles. The monoisotopic (exact) mass is 198 g/mol. The molecule has 0 fully saturated rings. The Morgan fingerprint density at radius 3 is 2.50 bits per heavy atom. The van der Waals surface area contributed by atoms with Crippen LogP contribution in [0.3, 0.4) is 0 Å². The smallest absolute Gasteiger partial charge is 0.164 e. The van der Waals surface area contributed by atoms with Crippen LogP contribution >= 0.6 is 0 Å². The molecule has 1 heterocycles. The molecule has 0 bridgehead atoms. The molecule has 3 nitrogen and oxygen atoms in total. The molecule has 2 rings (SSSR count). The zero-order valence-electron chi connectivity index (χ0n) is 7.62. The van der Waals surface area contributed by atoms with Gasteiger partial charge in [-0.15, -0.1) is 0 Å². The Labute approximate surface area is 81.1 Å². The van der Waals surface area contributed by atoms with Crippen LogP contribution in [0.25, 0.3) is 0 Å². The minimum atomic E-state index is -0.461. The van der Waals surface area contributed by atoms with Crippen molar-refractivity contribution in [3.63, 3.8) is 0 Å². The number of aliphatic hydroxyl groups excluding tert-OH is 1. The first-order valence-corrected chi connectivity index (χ1v) is 4.50. The number of benzene rings is 1. The van der Waals surface area contributed by atoms with Gasteiger partial charge >= 0.3 is 0 Å². The van der Waals surface area contributed by atoms with Gasteiger partial charge in [-0.2, -0.15) is 0 Å². The molecule has 0 atom stereocenters. The standard InChI is InChI=1S/C10H11FO3/c11-8-5-10-9(4-7(8)6-12)13-2-1-3-14-10/h4-5,12H,1-3,6H2. The molecule has 0 saturated heterocycles. The fraction of sp³-hybridized carbons (Fsp3) is 0.400. The number of aliphatic hydroxyl groups is 1. The highest BCUT2D eigenvalue weighted by atomic mass is 19.1. The molecule has 0 radical (unpaired) electrons. The Hall–Kier alpha value is -1.29. The number of ether oxygens (including phenoxy) is 2. The second-order valence-electron chi connectivity index (χ2n) is 3.10. The number of hydrogen-bond donors (Lipinski definition) is 1. The van der Waals surface area contributed by atoms with Crippen molar-refractivity contribution >= 4 is 0 Å². The van der Waals surface area contributed by atoms with Gasteiger partial charge in [0.25, 0.3) is 0 Å². The normalized spacial score (nSPS) is 15.0. The summed E-state index contributed by atoms with van der Waals surface area (Å²) in [6, 6.07) is 2.74. The van der Waals surface area contributed by atoms with Gasteiger partial charge in [0.15, 0.2) is 11.5 Å². The summed E-state index contributed by atoms with van der Waals surface area (Å²) in [4.78, 5) is 0. The van der Waals surface area contributed by atoms with Crippen LogP contribution in [0, 0.1) is 5.82 Å². The second-order valence-corrected chi connectivity index (χ2v) is 3.10. The molecule has 0 saturated carbocycles. The summed E-state index contributed by atoms with van der Waals surface area (Å²) in [7, 11) is 0. The van der Waals surface area contributed by atoms with Crippen molar-refractivity contribution in [3.8, 4) is 11.5 Å².